The Bertz CT molecular complexity index is 562. The molecule has 1 aliphatic heterocycles. The minimum Gasteiger partial charge on any atom is -0.480 e. The first kappa shape index (κ1) is 22.7. The van der Waals surface area contributed by atoms with Gasteiger partial charge in [0.1, 0.15) is 18.2 Å². The summed E-state index contributed by atoms with van der Waals surface area (Å²) in [6, 6.07) is -0.921. The van der Waals surface area contributed by atoms with Gasteiger partial charge in [-0.2, -0.15) is 0 Å². The number of carboxylic acids is 1. The number of rotatable bonds is 6. The van der Waals surface area contributed by atoms with E-state index in [1.165, 1.54) is 0 Å². The van der Waals surface area contributed by atoms with Gasteiger partial charge in [-0.3, -0.25) is 9.59 Å². The first-order chi connectivity index (χ1) is 12.4. The summed E-state index contributed by atoms with van der Waals surface area (Å²) in [7, 11) is 0. The predicted molar refractivity (Wildman–Crippen MR) is 97.9 cm³/mol. The van der Waals surface area contributed by atoms with Gasteiger partial charge in [0.05, 0.1) is 0 Å². The minimum absolute atomic E-state index is 0.166. The van der Waals surface area contributed by atoms with Crippen LogP contribution in [0.4, 0.5) is 4.79 Å². The van der Waals surface area contributed by atoms with Gasteiger partial charge in [-0.1, -0.05) is 13.8 Å². The molecule has 0 saturated carbocycles. The summed E-state index contributed by atoms with van der Waals surface area (Å²) in [5.41, 5.74) is -0.636. The lowest BCUT2D eigenvalue weighted by Gasteiger charge is -2.32. The predicted octanol–water partition coefficient (Wildman–Crippen LogP) is 0.975. The van der Waals surface area contributed by atoms with Crippen LogP contribution in [0.25, 0.3) is 0 Å². The van der Waals surface area contributed by atoms with Crippen molar-refractivity contribution in [1.29, 1.82) is 0 Å². The number of carbonyl (C=O) groups is 4. The summed E-state index contributed by atoms with van der Waals surface area (Å²) in [6.07, 6.45) is 0.251. The van der Waals surface area contributed by atoms with Gasteiger partial charge in [0, 0.05) is 19.0 Å². The van der Waals surface area contributed by atoms with E-state index in [0.29, 0.717) is 25.9 Å². The second-order valence-corrected chi connectivity index (χ2v) is 8.08. The summed E-state index contributed by atoms with van der Waals surface area (Å²) in [4.78, 5) is 48.8. The average Bonchev–Trinajstić information content (AvgIpc) is 2.55. The third kappa shape index (κ3) is 7.84. The number of amides is 3. The molecule has 1 saturated heterocycles. The highest BCUT2D eigenvalue weighted by Crippen LogP contribution is 2.18. The summed E-state index contributed by atoms with van der Waals surface area (Å²) in [5, 5.41) is 14.2. The molecule has 0 radical (unpaired) electrons. The second-order valence-electron chi connectivity index (χ2n) is 8.08. The third-order valence-corrected chi connectivity index (χ3v) is 4.23. The van der Waals surface area contributed by atoms with E-state index in [1.54, 1.807) is 39.5 Å². The van der Waals surface area contributed by atoms with Gasteiger partial charge >= 0.3 is 12.1 Å². The van der Waals surface area contributed by atoms with Gasteiger partial charge in [-0.05, 0) is 39.5 Å². The van der Waals surface area contributed by atoms with E-state index in [1.807, 2.05) is 0 Å². The van der Waals surface area contributed by atoms with Gasteiger partial charge in [-0.15, -0.1) is 0 Å². The van der Waals surface area contributed by atoms with Gasteiger partial charge in [0.2, 0.25) is 11.8 Å². The number of alkyl carbamates (subject to hydrolysis) is 1. The third-order valence-electron chi connectivity index (χ3n) is 4.23. The van der Waals surface area contributed by atoms with Crippen molar-refractivity contribution in [3.63, 3.8) is 0 Å². The Morgan fingerprint density at radius 2 is 1.70 bits per heavy atom. The van der Waals surface area contributed by atoms with E-state index in [9.17, 15) is 19.2 Å². The lowest BCUT2D eigenvalue weighted by atomic mass is 9.94. The smallest absolute Gasteiger partial charge is 0.408 e. The monoisotopic (exact) mass is 385 g/mol. The molecule has 0 aromatic rings. The number of nitrogens with zero attached hydrogens (tertiary/aromatic N) is 1. The molecular weight excluding hydrogens is 354 g/mol. The van der Waals surface area contributed by atoms with E-state index >= 15 is 0 Å². The van der Waals surface area contributed by atoms with Crippen LogP contribution in [0, 0.1) is 11.8 Å². The van der Waals surface area contributed by atoms with E-state index in [0.717, 1.165) is 0 Å². The van der Waals surface area contributed by atoms with Crippen LogP contribution in [-0.2, 0) is 19.1 Å². The molecule has 1 rings (SSSR count). The maximum Gasteiger partial charge on any atom is 0.408 e. The highest BCUT2D eigenvalue weighted by molar-refractivity contribution is 5.86. The Morgan fingerprint density at radius 3 is 2.15 bits per heavy atom. The number of hydrogen-bond acceptors (Lipinski definition) is 5. The molecule has 1 fully saturated rings. The lowest BCUT2D eigenvalue weighted by Crippen LogP contribution is -2.50. The quantitative estimate of drug-likeness (QED) is 0.626. The summed E-state index contributed by atoms with van der Waals surface area (Å²) < 4.78 is 5.08. The number of hydrogen-bond donors (Lipinski definition) is 3. The average molecular weight is 385 g/mol. The van der Waals surface area contributed by atoms with Gasteiger partial charge < -0.3 is 25.4 Å². The zero-order valence-electron chi connectivity index (χ0n) is 16.7. The summed E-state index contributed by atoms with van der Waals surface area (Å²) in [6.45, 7) is 9.27. The number of nitrogens with one attached hydrogen (secondary N) is 2. The maximum absolute atomic E-state index is 12.3. The number of piperidine rings is 1. The van der Waals surface area contributed by atoms with Crippen LogP contribution in [0.5, 0.6) is 0 Å². The summed E-state index contributed by atoms with van der Waals surface area (Å²) >= 11 is 0. The van der Waals surface area contributed by atoms with Crippen LogP contribution in [0.1, 0.15) is 47.5 Å². The molecule has 0 aromatic carbocycles. The molecule has 0 aliphatic carbocycles. The van der Waals surface area contributed by atoms with Crippen LogP contribution in [0.3, 0.4) is 0 Å². The van der Waals surface area contributed by atoms with Crippen molar-refractivity contribution >= 4 is 23.9 Å². The van der Waals surface area contributed by atoms with Crippen LogP contribution in [0.15, 0.2) is 0 Å². The van der Waals surface area contributed by atoms with Crippen molar-refractivity contribution in [2.75, 3.05) is 19.6 Å². The fourth-order valence-corrected chi connectivity index (χ4v) is 2.75. The zero-order valence-corrected chi connectivity index (χ0v) is 16.7. The van der Waals surface area contributed by atoms with E-state index in [4.69, 9.17) is 9.84 Å². The van der Waals surface area contributed by atoms with Gasteiger partial charge in [0.25, 0.3) is 0 Å². The van der Waals surface area contributed by atoms with Gasteiger partial charge in [0.15, 0.2) is 0 Å². The molecule has 1 aliphatic rings. The molecule has 0 unspecified atom stereocenters. The molecule has 3 N–H and O–H groups in total. The van der Waals surface area contributed by atoms with Crippen molar-refractivity contribution in [3.05, 3.63) is 0 Å². The van der Waals surface area contributed by atoms with E-state index < -0.39 is 23.7 Å². The normalized spacial score (nSPS) is 16.6. The number of ether oxygens (including phenoxy) is 1. The lowest BCUT2D eigenvalue weighted by molar-refractivity contribution is -0.144. The largest absolute Gasteiger partial charge is 0.480 e. The van der Waals surface area contributed by atoms with Crippen LogP contribution in [0.2, 0.25) is 0 Å². The van der Waals surface area contributed by atoms with Crippen LogP contribution >= 0.6 is 0 Å². The Hall–Kier alpha value is -2.32. The van der Waals surface area contributed by atoms with Crippen molar-refractivity contribution < 1.29 is 29.0 Å². The van der Waals surface area contributed by atoms with E-state index in [-0.39, 0.29) is 30.2 Å². The zero-order chi connectivity index (χ0) is 20.8. The second kappa shape index (κ2) is 9.57. The first-order valence-corrected chi connectivity index (χ1v) is 9.18. The number of carboxylic acid groups (broad SMARTS) is 1. The molecule has 1 heterocycles. The molecule has 9 heteroatoms. The SMILES string of the molecule is CC(C)[C@H](NC(=O)C1CCN(C(=O)CNC(=O)OC(C)(C)C)CC1)C(=O)O. The Morgan fingerprint density at radius 1 is 1.15 bits per heavy atom. The highest BCUT2D eigenvalue weighted by Gasteiger charge is 2.31. The van der Waals surface area contributed by atoms with Crippen molar-refractivity contribution in [3.8, 4) is 0 Å². The number of aliphatic carboxylic acids is 1. The van der Waals surface area contributed by atoms with Crippen LogP contribution < -0.4 is 10.6 Å². The number of carbonyl (C=O) groups excluding carboxylic acids is 3. The standard InChI is InChI=1S/C18H31N3O6/c1-11(2)14(16(24)25)20-15(23)12-6-8-21(9-7-12)13(22)10-19-17(26)27-18(3,4)5/h11-12,14H,6-10H2,1-5H3,(H,19,26)(H,20,23)(H,24,25)/t14-/m0/s1. The molecule has 9 nitrogen and oxygen atoms in total. The Kier molecular flexibility index (Phi) is 8.05. The molecule has 0 bridgehead atoms. The maximum atomic E-state index is 12.3. The van der Waals surface area contributed by atoms with Crippen molar-refractivity contribution in [1.82, 2.24) is 15.5 Å². The minimum atomic E-state index is -1.06. The fraction of sp³-hybridized carbons (Fsp3) is 0.778. The van der Waals surface area contributed by atoms with Crippen LogP contribution in [-0.4, -0.2) is 65.2 Å². The molecule has 154 valence electrons. The summed E-state index contributed by atoms with van der Waals surface area (Å²) in [5.74, 6) is -2.14. The molecule has 27 heavy (non-hydrogen) atoms. The molecule has 3 amide bonds. The molecule has 0 aromatic heterocycles. The molecular formula is C18H31N3O6. The Labute approximate surface area is 159 Å². The Balaban J connectivity index is 2.42. The first-order valence-electron chi connectivity index (χ1n) is 9.18. The fourth-order valence-electron chi connectivity index (χ4n) is 2.75. The van der Waals surface area contributed by atoms with Crippen molar-refractivity contribution in [2.24, 2.45) is 11.8 Å². The number of likely N-dealkylation sites (tertiary alicyclic amines) is 1. The van der Waals surface area contributed by atoms with Gasteiger partial charge in [-0.25, -0.2) is 9.59 Å². The topological polar surface area (TPSA) is 125 Å². The van der Waals surface area contributed by atoms with Crippen molar-refractivity contribution in [2.45, 2.75) is 59.1 Å². The molecule has 1 atom stereocenters. The highest BCUT2D eigenvalue weighted by atomic mass is 16.6. The van der Waals surface area contributed by atoms with E-state index in [2.05, 4.69) is 10.6 Å². The molecule has 0 spiro atoms.